The third kappa shape index (κ3) is 10.00. The molecule has 0 unspecified atom stereocenters. The van der Waals surface area contributed by atoms with Crippen molar-refractivity contribution in [2.45, 2.75) is 70.2 Å². The van der Waals surface area contributed by atoms with Crippen LogP contribution in [-0.4, -0.2) is 53.7 Å². The molecule has 0 spiro atoms. The second-order valence-corrected chi connectivity index (χ2v) is 12.9. The standard InChI is InChI=1S/C23H34BrNO6S2/c1-2-33(30,31)25-23(29)8-6-4-3-5-7-18-19(21(28)15-20(18)27)13-10-16(26)9-11-17-12-14-22(24)32-17/h3,5,10,12-14,16,18-21,26-28H,2,4,6-9,11,15H2,1H3,(H,25,29)/b5-3+,13-10+/t16-,18+,19+,20-,21+/m0/s1. The molecule has 0 bridgehead atoms. The van der Waals surface area contributed by atoms with E-state index in [-0.39, 0.29) is 24.0 Å². The first-order valence-corrected chi connectivity index (χ1v) is 14.5. The first-order valence-electron chi connectivity index (χ1n) is 11.3. The molecule has 1 saturated carbocycles. The van der Waals surface area contributed by atoms with Gasteiger partial charge in [0, 0.05) is 23.6 Å². The van der Waals surface area contributed by atoms with Crippen LogP contribution < -0.4 is 4.72 Å². The van der Waals surface area contributed by atoms with Gasteiger partial charge in [0.05, 0.1) is 27.9 Å². The number of nitrogens with one attached hydrogen (secondary N) is 1. The first kappa shape index (κ1) is 28.2. The lowest BCUT2D eigenvalue weighted by molar-refractivity contribution is -0.119. The summed E-state index contributed by atoms with van der Waals surface area (Å²) in [5.41, 5.74) is 0. The zero-order valence-electron chi connectivity index (χ0n) is 18.8. The topological polar surface area (TPSA) is 124 Å². The average Bonchev–Trinajstić information content (AvgIpc) is 3.28. The van der Waals surface area contributed by atoms with Crippen LogP contribution in [-0.2, 0) is 21.2 Å². The lowest BCUT2D eigenvalue weighted by Gasteiger charge is -2.19. The van der Waals surface area contributed by atoms with Gasteiger partial charge in [-0.3, -0.25) is 9.52 Å². The van der Waals surface area contributed by atoms with Crippen LogP contribution in [0.2, 0.25) is 0 Å². The fraction of sp³-hybridized carbons (Fsp3) is 0.609. The number of sulfonamides is 1. The normalized spacial score (nSPS) is 24.6. The van der Waals surface area contributed by atoms with Gasteiger partial charge in [-0.1, -0.05) is 24.3 Å². The molecule has 186 valence electrons. The molecule has 0 saturated heterocycles. The minimum absolute atomic E-state index is 0.125. The van der Waals surface area contributed by atoms with Gasteiger partial charge < -0.3 is 15.3 Å². The maximum Gasteiger partial charge on any atom is 0.234 e. The molecule has 2 rings (SSSR count). The minimum Gasteiger partial charge on any atom is -0.393 e. The van der Waals surface area contributed by atoms with E-state index in [1.54, 1.807) is 17.4 Å². The molecule has 5 atom stereocenters. The lowest BCUT2D eigenvalue weighted by atomic mass is 9.89. The maximum atomic E-state index is 11.6. The van der Waals surface area contributed by atoms with Crippen molar-refractivity contribution in [3.8, 4) is 0 Å². The van der Waals surface area contributed by atoms with Crippen molar-refractivity contribution in [1.29, 1.82) is 0 Å². The molecule has 0 aliphatic heterocycles. The van der Waals surface area contributed by atoms with Gasteiger partial charge in [-0.2, -0.15) is 0 Å². The summed E-state index contributed by atoms with van der Waals surface area (Å²) in [4.78, 5) is 12.8. The molecule has 1 aromatic rings. The van der Waals surface area contributed by atoms with Crippen molar-refractivity contribution in [1.82, 2.24) is 4.72 Å². The molecule has 1 fully saturated rings. The van der Waals surface area contributed by atoms with Gasteiger partial charge >= 0.3 is 0 Å². The monoisotopic (exact) mass is 563 g/mol. The summed E-state index contributed by atoms with van der Waals surface area (Å²) in [6.45, 7) is 1.47. The highest BCUT2D eigenvalue weighted by Gasteiger charge is 2.39. The quantitative estimate of drug-likeness (QED) is 0.215. The third-order valence-electron chi connectivity index (χ3n) is 5.79. The van der Waals surface area contributed by atoms with Gasteiger partial charge in [0.25, 0.3) is 0 Å². The van der Waals surface area contributed by atoms with E-state index in [1.807, 2.05) is 35.1 Å². The van der Waals surface area contributed by atoms with Crippen LogP contribution in [0.15, 0.2) is 40.2 Å². The van der Waals surface area contributed by atoms with Crippen LogP contribution in [0.5, 0.6) is 0 Å². The van der Waals surface area contributed by atoms with Crippen LogP contribution in [0.4, 0.5) is 0 Å². The zero-order valence-corrected chi connectivity index (χ0v) is 22.0. The number of hydrogen-bond donors (Lipinski definition) is 4. The van der Waals surface area contributed by atoms with Gasteiger partial charge in [-0.05, 0) is 73.0 Å². The van der Waals surface area contributed by atoms with Gasteiger partial charge in [-0.15, -0.1) is 11.3 Å². The molecule has 1 aromatic heterocycles. The van der Waals surface area contributed by atoms with E-state index in [9.17, 15) is 28.5 Å². The van der Waals surface area contributed by atoms with Gasteiger partial charge in [0.15, 0.2) is 0 Å². The highest BCUT2D eigenvalue weighted by Crippen LogP contribution is 2.36. The second-order valence-electron chi connectivity index (χ2n) is 8.34. The number of carbonyl (C=O) groups is 1. The van der Waals surface area contributed by atoms with Gasteiger partial charge in [-0.25, -0.2) is 8.42 Å². The predicted octanol–water partition coefficient (Wildman–Crippen LogP) is 3.30. The van der Waals surface area contributed by atoms with E-state index < -0.39 is 34.2 Å². The summed E-state index contributed by atoms with van der Waals surface area (Å²) >= 11 is 5.08. The summed E-state index contributed by atoms with van der Waals surface area (Å²) < 4.78 is 25.8. The lowest BCUT2D eigenvalue weighted by Crippen LogP contribution is -2.31. The smallest absolute Gasteiger partial charge is 0.234 e. The third-order valence-corrected chi connectivity index (χ3v) is 8.77. The molecular formula is C23H34BrNO6S2. The Labute approximate surface area is 208 Å². The maximum absolute atomic E-state index is 11.6. The second kappa shape index (κ2) is 13.7. The summed E-state index contributed by atoms with van der Waals surface area (Å²) in [6.07, 6.45) is 8.99. The van der Waals surface area contributed by atoms with E-state index in [2.05, 4.69) is 15.9 Å². The number of hydrogen-bond acceptors (Lipinski definition) is 7. The van der Waals surface area contributed by atoms with E-state index in [4.69, 9.17) is 0 Å². The Morgan fingerprint density at radius 3 is 2.73 bits per heavy atom. The van der Waals surface area contributed by atoms with Crippen LogP contribution in [0.1, 0.15) is 50.3 Å². The number of carbonyl (C=O) groups excluding carboxylic acids is 1. The largest absolute Gasteiger partial charge is 0.393 e. The number of allylic oxidation sites excluding steroid dienone is 2. The molecular weight excluding hydrogens is 530 g/mol. The van der Waals surface area contributed by atoms with Crippen LogP contribution in [0.25, 0.3) is 0 Å². The number of aliphatic hydroxyl groups excluding tert-OH is 3. The molecule has 1 aliphatic rings. The molecule has 33 heavy (non-hydrogen) atoms. The molecule has 10 heteroatoms. The van der Waals surface area contributed by atoms with E-state index >= 15 is 0 Å². The summed E-state index contributed by atoms with van der Waals surface area (Å²) in [6, 6.07) is 4.02. The molecule has 4 N–H and O–H groups in total. The zero-order chi connectivity index (χ0) is 24.4. The molecule has 1 heterocycles. The number of rotatable bonds is 13. The highest BCUT2D eigenvalue weighted by molar-refractivity contribution is 9.11. The van der Waals surface area contributed by atoms with E-state index in [1.165, 1.54) is 11.8 Å². The van der Waals surface area contributed by atoms with Gasteiger partial charge in [0.2, 0.25) is 15.9 Å². The van der Waals surface area contributed by atoms with Gasteiger partial charge in [0.1, 0.15) is 0 Å². The molecule has 7 nitrogen and oxygen atoms in total. The Morgan fingerprint density at radius 1 is 1.30 bits per heavy atom. The first-order chi connectivity index (χ1) is 15.6. The SMILES string of the molecule is CCS(=O)(=O)NC(=O)CCC/C=C/C[C@@H]1[C@@H](/C=C/[C@@H](O)CCc2ccc(Br)s2)[C@H](O)C[C@@H]1O. The van der Waals surface area contributed by atoms with Crippen LogP contribution >= 0.6 is 27.3 Å². The van der Waals surface area contributed by atoms with Crippen molar-refractivity contribution in [2.75, 3.05) is 5.75 Å². The summed E-state index contributed by atoms with van der Waals surface area (Å²) in [7, 11) is -3.52. The van der Waals surface area contributed by atoms with E-state index in [0.717, 1.165) is 10.2 Å². The van der Waals surface area contributed by atoms with Crippen molar-refractivity contribution < 1.29 is 28.5 Å². The number of aryl methyl sites for hydroxylation is 1. The fourth-order valence-corrected chi connectivity index (χ4v) is 5.98. The van der Waals surface area contributed by atoms with Crippen molar-refractivity contribution in [3.05, 3.63) is 45.1 Å². The Bertz CT molecular complexity index is 914. The Kier molecular flexibility index (Phi) is 11.7. The number of amides is 1. The van der Waals surface area contributed by atoms with Crippen LogP contribution in [0.3, 0.4) is 0 Å². The van der Waals surface area contributed by atoms with Crippen LogP contribution in [0, 0.1) is 11.8 Å². The Balaban J connectivity index is 1.76. The van der Waals surface area contributed by atoms with Crippen molar-refractivity contribution in [2.24, 2.45) is 11.8 Å². The van der Waals surface area contributed by atoms with Crippen molar-refractivity contribution in [3.63, 3.8) is 0 Å². The molecule has 0 aromatic carbocycles. The number of thiophene rings is 1. The highest BCUT2D eigenvalue weighted by atomic mass is 79.9. The Morgan fingerprint density at radius 2 is 2.06 bits per heavy atom. The Hall–Kier alpha value is -1.04. The number of aliphatic hydroxyl groups is 3. The molecule has 1 aliphatic carbocycles. The predicted molar refractivity (Wildman–Crippen MR) is 134 cm³/mol. The minimum atomic E-state index is -3.52. The number of unbranched alkanes of at least 4 members (excludes halogenated alkanes) is 1. The molecule has 1 amide bonds. The average molecular weight is 565 g/mol. The summed E-state index contributed by atoms with van der Waals surface area (Å²) in [5.74, 6) is -1.02. The van der Waals surface area contributed by atoms with E-state index in [0.29, 0.717) is 32.1 Å². The fourth-order valence-electron chi connectivity index (χ4n) is 3.88. The van der Waals surface area contributed by atoms with Crippen molar-refractivity contribution >= 4 is 43.2 Å². The molecule has 0 radical (unpaired) electrons. The number of halogens is 1. The summed E-state index contributed by atoms with van der Waals surface area (Å²) in [5, 5.41) is 31.0.